The molecule has 1 saturated carbocycles. The van der Waals surface area contributed by atoms with E-state index < -0.39 is 0 Å². The van der Waals surface area contributed by atoms with Gasteiger partial charge in [-0.3, -0.25) is 4.79 Å². The fourth-order valence-corrected chi connectivity index (χ4v) is 0.916. The number of ketones is 1. The van der Waals surface area contributed by atoms with Crippen molar-refractivity contribution in [1.82, 2.24) is 0 Å². The summed E-state index contributed by atoms with van der Waals surface area (Å²) < 4.78 is 0. The summed E-state index contributed by atoms with van der Waals surface area (Å²) in [6, 6.07) is 0. The van der Waals surface area contributed by atoms with Gasteiger partial charge in [-0.05, 0) is 6.42 Å². The second kappa shape index (κ2) is 3.55. The summed E-state index contributed by atoms with van der Waals surface area (Å²) in [6.45, 7) is 2.18. The first-order chi connectivity index (χ1) is 4.84. The lowest BCUT2D eigenvalue weighted by molar-refractivity contribution is -0.110. The highest BCUT2D eigenvalue weighted by Crippen LogP contribution is 2.25. The monoisotopic (exact) mass is 138 g/mol. The van der Waals surface area contributed by atoms with Crippen molar-refractivity contribution >= 4 is 5.78 Å². The van der Waals surface area contributed by atoms with Crippen LogP contribution >= 0.6 is 0 Å². The van der Waals surface area contributed by atoms with Gasteiger partial charge in [-0.15, -0.1) is 0 Å². The Labute approximate surface area is 62.1 Å². The van der Waals surface area contributed by atoms with Gasteiger partial charge in [-0.1, -0.05) is 31.9 Å². The third kappa shape index (κ3) is 2.34. The summed E-state index contributed by atoms with van der Waals surface area (Å²) in [4.78, 5) is 10.5. The summed E-state index contributed by atoms with van der Waals surface area (Å²) in [6.07, 6.45) is 8.61. The van der Waals surface area contributed by atoms with E-state index in [1.54, 1.807) is 0 Å². The molecule has 1 rings (SSSR count). The molecule has 1 unspecified atom stereocenters. The van der Waals surface area contributed by atoms with E-state index in [2.05, 4.69) is 19.1 Å². The van der Waals surface area contributed by atoms with Crippen LogP contribution in [-0.2, 0) is 4.79 Å². The van der Waals surface area contributed by atoms with E-state index in [1.165, 1.54) is 12.8 Å². The number of unbranched alkanes of at least 4 members (excludes halogenated alkanes) is 2. The van der Waals surface area contributed by atoms with Crippen molar-refractivity contribution in [2.45, 2.75) is 32.6 Å². The molecule has 0 radical (unpaired) electrons. The second-order valence-corrected chi connectivity index (χ2v) is 2.85. The quantitative estimate of drug-likeness (QED) is 0.430. The van der Waals surface area contributed by atoms with Gasteiger partial charge in [0.05, 0.1) is 0 Å². The van der Waals surface area contributed by atoms with E-state index in [1.807, 2.05) is 0 Å². The lowest BCUT2D eigenvalue weighted by Gasteiger charge is -1.85. The molecule has 0 heterocycles. The standard InChI is InChI=1S/C9H14O/c1-2-3-4-5-6-8-7-9(8)10/h5-6,8H,2-4,7H2,1H3/b6-5+. The van der Waals surface area contributed by atoms with E-state index in [4.69, 9.17) is 0 Å². The fourth-order valence-electron chi connectivity index (χ4n) is 0.916. The molecule has 0 spiro atoms. The Kier molecular flexibility index (Phi) is 2.67. The SMILES string of the molecule is CCCC/C=C/C1CC1=O. The van der Waals surface area contributed by atoms with Gasteiger partial charge in [0, 0.05) is 12.3 Å². The first-order valence-electron chi connectivity index (χ1n) is 4.04. The highest BCUT2D eigenvalue weighted by Gasteiger charge is 2.31. The Bertz CT molecular complexity index is 147. The van der Waals surface area contributed by atoms with Crippen LogP contribution in [0.2, 0.25) is 0 Å². The van der Waals surface area contributed by atoms with Gasteiger partial charge in [0.15, 0.2) is 0 Å². The van der Waals surface area contributed by atoms with Gasteiger partial charge in [-0.2, -0.15) is 0 Å². The van der Waals surface area contributed by atoms with E-state index in [0.717, 1.165) is 12.8 Å². The fraction of sp³-hybridized carbons (Fsp3) is 0.667. The highest BCUT2D eigenvalue weighted by atomic mass is 16.1. The third-order valence-electron chi connectivity index (χ3n) is 1.77. The molecule has 1 nitrogen and oxygen atoms in total. The molecule has 1 heteroatoms. The van der Waals surface area contributed by atoms with Crippen molar-refractivity contribution in [2.75, 3.05) is 0 Å². The number of hydrogen-bond acceptors (Lipinski definition) is 1. The minimum atomic E-state index is 0.303. The minimum Gasteiger partial charge on any atom is -0.299 e. The molecule has 0 aromatic rings. The molecule has 10 heavy (non-hydrogen) atoms. The van der Waals surface area contributed by atoms with Crippen molar-refractivity contribution in [3.8, 4) is 0 Å². The molecule has 0 amide bonds. The molecular formula is C9H14O. The Hall–Kier alpha value is -0.590. The first kappa shape index (κ1) is 7.52. The van der Waals surface area contributed by atoms with E-state index in [9.17, 15) is 4.79 Å². The van der Waals surface area contributed by atoms with Crippen LogP contribution in [0.3, 0.4) is 0 Å². The molecular weight excluding hydrogens is 124 g/mol. The molecule has 0 aliphatic heterocycles. The largest absolute Gasteiger partial charge is 0.299 e. The maximum atomic E-state index is 10.5. The lowest BCUT2D eigenvalue weighted by Crippen LogP contribution is -1.71. The van der Waals surface area contributed by atoms with Crippen molar-refractivity contribution in [3.05, 3.63) is 12.2 Å². The maximum Gasteiger partial charge on any atom is 0.141 e. The number of rotatable bonds is 4. The van der Waals surface area contributed by atoms with Crippen LogP contribution in [0.1, 0.15) is 32.6 Å². The third-order valence-corrected chi connectivity index (χ3v) is 1.77. The van der Waals surface area contributed by atoms with E-state index in [-0.39, 0.29) is 0 Å². The van der Waals surface area contributed by atoms with Gasteiger partial charge < -0.3 is 0 Å². The molecule has 1 aliphatic carbocycles. The van der Waals surface area contributed by atoms with Crippen LogP contribution in [0, 0.1) is 5.92 Å². The van der Waals surface area contributed by atoms with Crippen molar-refractivity contribution in [3.63, 3.8) is 0 Å². The van der Waals surface area contributed by atoms with Crippen LogP contribution in [0.4, 0.5) is 0 Å². The summed E-state index contributed by atoms with van der Waals surface area (Å²) in [5.41, 5.74) is 0. The first-order valence-corrected chi connectivity index (χ1v) is 4.04. The molecule has 1 atom stereocenters. The van der Waals surface area contributed by atoms with Gasteiger partial charge in [-0.25, -0.2) is 0 Å². The van der Waals surface area contributed by atoms with E-state index in [0.29, 0.717) is 11.7 Å². The summed E-state index contributed by atoms with van der Waals surface area (Å²) in [5, 5.41) is 0. The number of carbonyl (C=O) groups excluding carboxylic acids is 1. The smallest absolute Gasteiger partial charge is 0.141 e. The topological polar surface area (TPSA) is 17.1 Å². The predicted molar refractivity (Wildman–Crippen MR) is 41.8 cm³/mol. The molecule has 1 aliphatic rings. The van der Waals surface area contributed by atoms with Crippen LogP contribution in [0.15, 0.2) is 12.2 Å². The van der Waals surface area contributed by atoms with Gasteiger partial charge in [0.1, 0.15) is 5.78 Å². The zero-order chi connectivity index (χ0) is 7.40. The Balaban J connectivity index is 2.01. The van der Waals surface area contributed by atoms with Gasteiger partial charge >= 0.3 is 0 Å². The molecule has 0 aromatic carbocycles. The Morgan fingerprint density at radius 3 is 2.90 bits per heavy atom. The van der Waals surface area contributed by atoms with E-state index >= 15 is 0 Å². The van der Waals surface area contributed by atoms with Crippen LogP contribution in [0.25, 0.3) is 0 Å². The van der Waals surface area contributed by atoms with Crippen molar-refractivity contribution < 1.29 is 4.79 Å². The van der Waals surface area contributed by atoms with Crippen LogP contribution < -0.4 is 0 Å². The average Bonchev–Trinajstić information content (AvgIpc) is 2.60. The van der Waals surface area contributed by atoms with Crippen molar-refractivity contribution in [1.29, 1.82) is 0 Å². The predicted octanol–water partition coefficient (Wildman–Crippen LogP) is 2.32. The second-order valence-electron chi connectivity index (χ2n) is 2.85. The maximum absolute atomic E-state index is 10.5. The van der Waals surface area contributed by atoms with Gasteiger partial charge in [0.25, 0.3) is 0 Å². The number of carbonyl (C=O) groups is 1. The molecule has 0 aromatic heterocycles. The zero-order valence-corrected chi connectivity index (χ0v) is 6.47. The summed E-state index contributed by atoms with van der Waals surface area (Å²) >= 11 is 0. The van der Waals surface area contributed by atoms with Crippen LogP contribution in [0.5, 0.6) is 0 Å². The van der Waals surface area contributed by atoms with Gasteiger partial charge in [0.2, 0.25) is 0 Å². The molecule has 0 bridgehead atoms. The highest BCUT2D eigenvalue weighted by molar-refractivity contribution is 5.97. The Morgan fingerprint density at radius 2 is 2.40 bits per heavy atom. The lowest BCUT2D eigenvalue weighted by atomic mass is 10.2. The molecule has 56 valence electrons. The number of hydrogen-bond donors (Lipinski definition) is 0. The average molecular weight is 138 g/mol. The minimum absolute atomic E-state index is 0.303. The zero-order valence-electron chi connectivity index (χ0n) is 6.47. The Morgan fingerprint density at radius 1 is 1.70 bits per heavy atom. The summed E-state index contributed by atoms with van der Waals surface area (Å²) in [5.74, 6) is 0.713. The normalized spacial score (nSPS) is 24.1. The molecule has 1 fully saturated rings. The van der Waals surface area contributed by atoms with Crippen molar-refractivity contribution in [2.24, 2.45) is 5.92 Å². The number of allylic oxidation sites excluding steroid dienone is 2. The summed E-state index contributed by atoms with van der Waals surface area (Å²) in [7, 11) is 0. The molecule has 0 saturated heterocycles. The number of Topliss-reactive ketones (excluding diaryl/α,β-unsaturated/α-hetero) is 1. The molecule has 0 N–H and O–H groups in total. The van der Waals surface area contributed by atoms with Crippen LogP contribution in [-0.4, -0.2) is 5.78 Å².